The number of benzene rings is 2. The van der Waals surface area contributed by atoms with Crippen molar-refractivity contribution in [1.82, 2.24) is 0 Å². The molecule has 2 aromatic carbocycles. The summed E-state index contributed by atoms with van der Waals surface area (Å²) in [5.74, 6) is -0.428. The maximum absolute atomic E-state index is 11.8. The lowest BCUT2D eigenvalue weighted by Gasteiger charge is -2.04. The SMILES string of the molecule is C.CC.CC.CO.CO.O=C(CCOC(=O)c1ccccc1)c1ccccc1. The number of ether oxygens (including phenoxy) is 1. The fourth-order valence-electron chi connectivity index (χ4n) is 1.66. The Bertz CT molecular complexity index is 502. The average molecular weight is 395 g/mol. The van der Waals surface area contributed by atoms with Crippen LogP contribution in [0.15, 0.2) is 60.7 Å². The van der Waals surface area contributed by atoms with E-state index >= 15 is 0 Å². The molecule has 0 bridgehead atoms. The Morgan fingerprint density at radius 3 is 1.46 bits per heavy atom. The van der Waals surface area contributed by atoms with Gasteiger partial charge in [-0.05, 0) is 12.1 Å². The van der Waals surface area contributed by atoms with Gasteiger partial charge in [0, 0.05) is 26.2 Å². The molecule has 2 aromatic rings. The monoisotopic (exact) mass is 394 g/mol. The second kappa shape index (κ2) is 26.7. The van der Waals surface area contributed by atoms with Crippen LogP contribution in [0.3, 0.4) is 0 Å². The van der Waals surface area contributed by atoms with E-state index < -0.39 is 5.97 Å². The van der Waals surface area contributed by atoms with Gasteiger partial charge in [0.25, 0.3) is 0 Å². The van der Waals surface area contributed by atoms with E-state index in [1.807, 2.05) is 52.0 Å². The van der Waals surface area contributed by atoms with Gasteiger partial charge in [0.15, 0.2) is 5.78 Å². The molecule has 0 saturated carbocycles. The standard InChI is InChI=1S/C16H14O3.2C2H6.2CH4O.CH4/c17-15(13-7-3-1-4-8-13)11-12-19-16(18)14-9-5-2-6-10-14;4*1-2;/h1-10H,11-12H2;2*1-2H3;2*2H,1H3;1H4. The van der Waals surface area contributed by atoms with E-state index in [2.05, 4.69) is 0 Å². The van der Waals surface area contributed by atoms with Crippen LogP contribution in [0.5, 0.6) is 0 Å². The largest absolute Gasteiger partial charge is 0.462 e. The minimum Gasteiger partial charge on any atom is -0.462 e. The Kier molecular flexibility index (Phi) is 31.6. The number of hydrogen-bond donors (Lipinski definition) is 2. The highest BCUT2D eigenvalue weighted by atomic mass is 16.5. The number of esters is 1. The van der Waals surface area contributed by atoms with Gasteiger partial charge in [-0.15, -0.1) is 0 Å². The minimum absolute atomic E-state index is 0. The molecular formula is C23H38O5. The molecule has 0 fully saturated rings. The lowest BCUT2D eigenvalue weighted by molar-refractivity contribution is 0.0496. The van der Waals surface area contributed by atoms with Gasteiger partial charge in [-0.1, -0.05) is 83.7 Å². The van der Waals surface area contributed by atoms with Gasteiger partial charge in [0.1, 0.15) is 0 Å². The Morgan fingerprint density at radius 1 is 0.714 bits per heavy atom. The van der Waals surface area contributed by atoms with Gasteiger partial charge < -0.3 is 14.9 Å². The summed E-state index contributed by atoms with van der Waals surface area (Å²) in [6.07, 6.45) is 0.197. The number of carbonyl (C=O) groups is 2. The van der Waals surface area contributed by atoms with E-state index in [1.54, 1.807) is 36.4 Å². The van der Waals surface area contributed by atoms with Crippen LogP contribution >= 0.6 is 0 Å². The molecule has 0 aliphatic heterocycles. The van der Waals surface area contributed by atoms with Gasteiger partial charge >= 0.3 is 5.97 Å². The van der Waals surface area contributed by atoms with E-state index in [-0.39, 0.29) is 26.2 Å². The molecule has 0 atom stereocenters. The highest BCUT2D eigenvalue weighted by Gasteiger charge is 2.09. The molecule has 0 saturated heterocycles. The summed E-state index contributed by atoms with van der Waals surface area (Å²) in [5.41, 5.74) is 1.13. The predicted octanol–water partition coefficient (Wildman–Crippen LogP) is 5.02. The summed E-state index contributed by atoms with van der Waals surface area (Å²) in [5, 5.41) is 14.0. The van der Waals surface area contributed by atoms with E-state index in [0.29, 0.717) is 11.1 Å². The van der Waals surface area contributed by atoms with Crippen LogP contribution in [0.4, 0.5) is 0 Å². The van der Waals surface area contributed by atoms with E-state index in [4.69, 9.17) is 14.9 Å². The van der Waals surface area contributed by atoms with Crippen molar-refractivity contribution in [1.29, 1.82) is 0 Å². The molecule has 0 heterocycles. The van der Waals surface area contributed by atoms with Crippen LogP contribution in [0, 0.1) is 0 Å². The molecule has 0 radical (unpaired) electrons. The molecule has 0 aliphatic carbocycles. The van der Waals surface area contributed by atoms with Crippen LogP contribution in [0.25, 0.3) is 0 Å². The fraction of sp³-hybridized carbons (Fsp3) is 0.391. The number of carbonyl (C=O) groups excluding carboxylic acids is 2. The van der Waals surface area contributed by atoms with Crippen molar-refractivity contribution in [2.24, 2.45) is 0 Å². The van der Waals surface area contributed by atoms with E-state index in [0.717, 1.165) is 14.2 Å². The molecule has 28 heavy (non-hydrogen) atoms. The maximum Gasteiger partial charge on any atom is 0.338 e. The van der Waals surface area contributed by atoms with Gasteiger partial charge in [0.05, 0.1) is 12.2 Å². The summed E-state index contributed by atoms with van der Waals surface area (Å²) in [6.45, 7) is 8.10. The lowest BCUT2D eigenvalue weighted by atomic mass is 10.1. The van der Waals surface area contributed by atoms with Gasteiger partial charge in [-0.25, -0.2) is 4.79 Å². The molecule has 0 aliphatic rings. The smallest absolute Gasteiger partial charge is 0.338 e. The van der Waals surface area contributed by atoms with E-state index in [9.17, 15) is 9.59 Å². The maximum atomic E-state index is 11.8. The van der Waals surface area contributed by atoms with Crippen molar-refractivity contribution >= 4 is 11.8 Å². The lowest BCUT2D eigenvalue weighted by Crippen LogP contribution is -2.10. The molecule has 5 nitrogen and oxygen atoms in total. The van der Waals surface area contributed by atoms with Gasteiger partial charge in [0.2, 0.25) is 0 Å². The van der Waals surface area contributed by atoms with Crippen LogP contribution in [0.1, 0.15) is 62.3 Å². The molecule has 160 valence electrons. The highest BCUT2D eigenvalue weighted by molar-refractivity contribution is 5.96. The summed E-state index contributed by atoms with van der Waals surface area (Å²) in [4.78, 5) is 23.4. The molecular weight excluding hydrogens is 356 g/mol. The van der Waals surface area contributed by atoms with Crippen LogP contribution < -0.4 is 0 Å². The number of rotatable bonds is 5. The zero-order valence-corrected chi connectivity index (χ0v) is 17.3. The van der Waals surface area contributed by atoms with Crippen molar-refractivity contribution in [3.8, 4) is 0 Å². The zero-order valence-electron chi connectivity index (χ0n) is 17.3. The van der Waals surface area contributed by atoms with Crippen molar-refractivity contribution in [3.05, 3.63) is 71.8 Å². The van der Waals surface area contributed by atoms with Crippen LogP contribution in [-0.2, 0) is 4.74 Å². The second-order valence-electron chi connectivity index (χ2n) is 4.04. The number of ketones is 1. The first kappa shape index (κ1) is 33.1. The molecule has 2 rings (SSSR count). The number of hydrogen-bond acceptors (Lipinski definition) is 5. The summed E-state index contributed by atoms with van der Waals surface area (Å²) >= 11 is 0. The normalized spacial score (nSPS) is 7.57. The average Bonchev–Trinajstić information content (AvgIpc) is 2.80. The quantitative estimate of drug-likeness (QED) is 0.549. The molecule has 0 unspecified atom stereocenters. The fourth-order valence-corrected chi connectivity index (χ4v) is 1.66. The summed E-state index contributed by atoms with van der Waals surface area (Å²) in [7, 11) is 2.00. The summed E-state index contributed by atoms with van der Waals surface area (Å²) in [6, 6.07) is 17.7. The van der Waals surface area contributed by atoms with Crippen molar-refractivity contribution in [2.75, 3.05) is 20.8 Å². The molecule has 5 heteroatoms. The highest BCUT2D eigenvalue weighted by Crippen LogP contribution is 2.05. The molecule has 2 N–H and O–H groups in total. The minimum atomic E-state index is -0.401. The van der Waals surface area contributed by atoms with Crippen molar-refractivity contribution in [3.63, 3.8) is 0 Å². The zero-order chi connectivity index (χ0) is 21.5. The van der Waals surface area contributed by atoms with Gasteiger partial charge in [-0.2, -0.15) is 0 Å². The molecule has 0 spiro atoms. The van der Waals surface area contributed by atoms with Crippen molar-refractivity contribution < 1.29 is 24.5 Å². The third-order valence-corrected chi connectivity index (χ3v) is 2.67. The Hall–Kier alpha value is -2.50. The predicted molar refractivity (Wildman–Crippen MR) is 118 cm³/mol. The summed E-state index contributed by atoms with van der Waals surface area (Å²) < 4.78 is 5.06. The number of aliphatic hydroxyl groups excluding tert-OH is 2. The Labute approximate surface area is 171 Å². The topological polar surface area (TPSA) is 83.8 Å². The van der Waals surface area contributed by atoms with Gasteiger partial charge in [-0.3, -0.25) is 4.79 Å². The number of Topliss-reactive ketones (excluding diaryl/α,β-unsaturated/α-hetero) is 1. The third-order valence-electron chi connectivity index (χ3n) is 2.67. The molecule has 0 aromatic heterocycles. The van der Waals surface area contributed by atoms with E-state index in [1.165, 1.54) is 0 Å². The second-order valence-corrected chi connectivity index (χ2v) is 4.04. The van der Waals surface area contributed by atoms with Crippen LogP contribution in [-0.4, -0.2) is 42.8 Å². The first-order chi connectivity index (χ1) is 13.3. The van der Waals surface area contributed by atoms with Crippen LogP contribution in [0.2, 0.25) is 0 Å². The Morgan fingerprint density at radius 2 is 1.07 bits per heavy atom. The first-order valence-corrected chi connectivity index (χ1v) is 8.97. The number of aliphatic hydroxyl groups is 2. The van der Waals surface area contributed by atoms with Crippen molar-refractivity contribution in [2.45, 2.75) is 41.5 Å². The Balaban J connectivity index is -0.000000285. The first-order valence-electron chi connectivity index (χ1n) is 8.97. The molecule has 0 amide bonds. The third kappa shape index (κ3) is 15.7.